The van der Waals surface area contributed by atoms with E-state index in [0.717, 1.165) is 34.8 Å². The van der Waals surface area contributed by atoms with Gasteiger partial charge in [0.2, 0.25) is 0 Å². The van der Waals surface area contributed by atoms with Crippen LogP contribution in [0.5, 0.6) is 0 Å². The molecule has 23 heavy (non-hydrogen) atoms. The molecule has 1 fully saturated rings. The summed E-state index contributed by atoms with van der Waals surface area (Å²) in [6.45, 7) is 1.54. The third kappa shape index (κ3) is 3.57. The van der Waals surface area contributed by atoms with Crippen molar-refractivity contribution in [3.05, 3.63) is 47.8 Å². The first-order chi connectivity index (χ1) is 11.4. The van der Waals surface area contributed by atoms with Gasteiger partial charge in [0.15, 0.2) is 0 Å². The summed E-state index contributed by atoms with van der Waals surface area (Å²) < 4.78 is 5.68. The Hall–Kier alpha value is -1.04. The largest absolute Gasteiger partial charge is 0.380 e. The Labute approximate surface area is 145 Å². The van der Waals surface area contributed by atoms with Crippen molar-refractivity contribution in [2.75, 3.05) is 24.7 Å². The van der Waals surface area contributed by atoms with E-state index in [-0.39, 0.29) is 0 Å². The average Bonchev–Trinajstić information content (AvgIpc) is 2.55. The number of nitrogens with zero attached hydrogens (tertiary/aromatic N) is 2. The van der Waals surface area contributed by atoms with Crippen molar-refractivity contribution in [2.45, 2.75) is 34.7 Å². The van der Waals surface area contributed by atoms with Crippen LogP contribution in [0.2, 0.25) is 0 Å². The van der Waals surface area contributed by atoms with E-state index in [2.05, 4.69) is 46.6 Å². The first-order valence-corrected chi connectivity index (χ1v) is 10.1. The number of hydrogen-bond acceptors (Lipinski definition) is 5. The van der Waals surface area contributed by atoms with Crippen molar-refractivity contribution in [1.82, 2.24) is 9.97 Å². The number of aromatic nitrogens is 2. The van der Waals surface area contributed by atoms with E-state index in [4.69, 9.17) is 4.74 Å². The van der Waals surface area contributed by atoms with Gasteiger partial charge in [0.25, 0.3) is 0 Å². The van der Waals surface area contributed by atoms with Gasteiger partial charge in [0, 0.05) is 23.9 Å². The molecule has 2 aromatic rings. The Morgan fingerprint density at radius 3 is 1.70 bits per heavy atom. The van der Waals surface area contributed by atoms with E-state index >= 15 is 0 Å². The van der Waals surface area contributed by atoms with Crippen LogP contribution in [0.15, 0.2) is 46.7 Å². The van der Waals surface area contributed by atoms with E-state index in [0.29, 0.717) is 11.8 Å². The van der Waals surface area contributed by atoms with Crippen molar-refractivity contribution >= 4 is 23.5 Å². The molecule has 4 aliphatic rings. The topological polar surface area (TPSA) is 35.0 Å². The monoisotopic (exact) mass is 344 g/mol. The smallest absolute Gasteiger partial charge is 0.0960 e. The van der Waals surface area contributed by atoms with Crippen molar-refractivity contribution < 1.29 is 4.74 Å². The lowest BCUT2D eigenvalue weighted by molar-refractivity contribution is 0.167. The average molecular weight is 345 g/mol. The van der Waals surface area contributed by atoms with Gasteiger partial charge < -0.3 is 4.74 Å². The third-order valence-corrected chi connectivity index (χ3v) is 6.42. The van der Waals surface area contributed by atoms with Gasteiger partial charge in [-0.05, 0) is 47.9 Å². The molecule has 0 radical (unpaired) electrons. The minimum absolute atomic E-state index is 0.598. The summed E-state index contributed by atoms with van der Waals surface area (Å²) >= 11 is 3.54. The Morgan fingerprint density at radius 1 is 0.783 bits per heavy atom. The van der Waals surface area contributed by atoms with E-state index in [1.807, 2.05) is 0 Å². The molecule has 0 aromatic carbocycles. The molecule has 6 rings (SSSR count). The third-order valence-electron chi connectivity index (χ3n) is 4.60. The Balaban J connectivity index is 1.59. The van der Waals surface area contributed by atoms with Crippen LogP contribution in [0.25, 0.3) is 0 Å². The van der Waals surface area contributed by atoms with Crippen LogP contribution in [-0.2, 0) is 4.74 Å². The summed E-state index contributed by atoms with van der Waals surface area (Å²) in [5.74, 6) is 3.10. The molecule has 2 atom stereocenters. The van der Waals surface area contributed by atoms with Crippen LogP contribution < -0.4 is 0 Å². The second-order valence-corrected chi connectivity index (χ2v) is 8.19. The molecule has 2 aromatic heterocycles. The second kappa shape index (κ2) is 7.24. The van der Waals surface area contributed by atoms with Crippen molar-refractivity contribution in [2.24, 2.45) is 0 Å². The predicted molar refractivity (Wildman–Crippen MR) is 95.5 cm³/mol. The van der Waals surface area contributed by atoms with Crippen LogP contribution in [0, 0.1) is 0 Å². The zero-order valence-corrected chi connectivity index (χ0v) is 14.6. The molecule has 0 saturated heterocycles. The van der Waals surface area contributed by atoms with Gasteiger partial charge in [-0.15, -0.1) is 23.5 Å². The van der Waals surface area contributed by atoms with Crippen LogP contribution in [0.3, 0.4) is 0 Å². The molecule has 5 heterocycles. The van der Waals surface area contributed by atoms with Gasteiger partial charge in [-0.3, -0.25) is 0 Å². The molecule has 3 nitrogen and oxygen atoms in total. The maximum atomic E-state index is 5.68. The lowest BCUT2D eigenvalue weighted by Gasteiger charge is -2.37. The SMILES string of the molecule is c1cc2ncc1C1CCC1c1ccc(nc1)SCCOCCS2. The summed E-state index contributed by atoms with van der Waals surface area (Å²) in [5.41, 5.74) is 2.73. The van der Waals surface area contributed by atoms with E-state index in [1.165, 1.54) is 24.0 Å². The molecular weight excluding hydrogens is 324 g/mol. The lowest BCUT2D eigenvalue weighted by atomic mass is 9.67. The van der Waals surface area contributed by atoms with Crippen LogP contribution in [0.1, 0.15) is 35.8 Å². The first kappa shape index (κ1) is 15.5. The highest BCUT2D eigenvalue weighted by atomic mass is 32.2. The first-order valence-electron chi connectivity index (χ1n) is 8.15. The van der Waals surface area contributed by atoms with Gasteiger partial charge >= 0.3 is 0 Å². The zero-order chi connectivity index (χ0) is 15.5. The summed E-state index contributed by atoms with van der Waals surface area (Å²) in [6, 6.07) is 8.82. The van der Waals surface area contributed by atoms with Crippen molar-refractivity contribution in [3.63, 3.8) is 0 Å². The highest BCUT2D eigenvalue weighted by Crippen LogP contribution is 2.48. The van der Waals surface area contributed by atoms with Gasteiger partial charge in [-0.25, -0.2) is 9.97 Å². The fourth-order valence-corrected chi connectivity index (χ4v) is 4.61. The molecule has 3 aliphatic heterocycles. The number of fused-ring (bicyclic) bond motifs is 2. The number of thioether (sulfide) groups is 2. The molecular formula is C18H20N2OS2. The Bertz CT molecular complexity index is 588. The number of rotatable bonds is 0. The molecule has 0 spiro atoms. The standard InChI is InChI=1S/C18H20N2OS2/c1-5-17-19-11-13(1)15-3-4-16(15)14-2-6-18(20-12-14)23-10-8-21-7-9-22-17/h1-2,5-6,11-12,15-16H,3-4,7-10H2. The van der Waals surface area contributed by atoms with Gasteiger partial charge in [-0.2, -0.15) is 0 Å². The minimum atomic E-state index is 0.598. The molecule has 1 saturated carbocycles. The maximum Gasteiger partial charge on any atom is 0.0960 e. The zero-order valence-electron chi connectivity index (χ0n) is 13.0. The van der Waals surface area contributed by atoms with Crippen LogP contribution in [0.4, 0.5) is 0 Å². The maximum absolute atomic E-state index is 5.68. The molecule has 0 amide bonds. The van der Waals surface area contributed by atoms with Crippen molar-refractivity contribution in [1.29, 1.82) is 0 Å². The molecule has 4 bridgehead atoms. The van der Waals surface area contributed by atoms with Crippen LogP contribution in [-0.4, -0.2) is 34.7 Å². The summed E-state index contributed by atoms with van der Waals surface area (Å²) in [7, 11) is 0. The predicted octanol–water partition coefficient (Wildman–Crippen LogP) is 4.35. The summed E-state index contributed by atoms with van der Waals surface area (Å²) in [4.78, 5) is 9.25. The van der Waals surface area contributed by atoms with E-state index in [1.54, 1.807) is 23.5 Å². The van der Waals surface area contributed by atoms with E-state index < -0.39 is 0 Å². The second-order valence-electron chi connectivity index (χ2n) is 5.96. The molecule has 2 unspecified atom stereocenters. The summed E-state index contributed by atoms with van der Waals surface area (Å²) in [5, 5.41) is 2.19. The number of ether oxygens (including phenoxy) is 1. The van der Waals surface area contributed by atoms with Gasteiger partial charge in [0.05, 0.1) is 23.3 Å². The van der Waals surface area contributed by atoms with Crippen LogP contribution >= 0.6 is 23.5 Å². The van der Waals surface area contributed by atoms with Crippen molar-refractivity contribution in [3.8, 4) is 0 Å². The lowest BCUT2D eigenvalue weighted by Crippen LogP contribution is -2.22. The normalized spacial score (nSPS) is 24.7. The fraction of sp³-hybridized carbons (Fsp3) is 0.444. The van der Waals surface area contributed by atoms with Gasteiger partial charge in [0.1, 0.15) is 0 Å². The van der Waals surface area contributed by atoms with E-state index in [9.17, 15) is 0 Å². The number of hydrogen-bond donors (Lipinski definition) is 0. The minimum Gasteiger partial charge on any atom is -0.380 e. The van der Waals surface area contributed by atoms with Gasteiger partial charge in [-0.1, -0.05) is 12.1 Å². The highest BCUT2D eigenvalue weighted by molar-refractivity contribution is 7.99. The fourth-order valence-electron chi connectivity index (χ4n) is 3.20. The molecule has 120 valence electrons. The molecule has 0 N–H and O–H groups in total. The highest BCUT2D eigenvalue weighted by Gasteiger charge is 2.33. The Morgan fingerprint density at radius 2 is 1.30 bits per heavy atom. The Kier molecular flexibility index (Phi) is 4.88. The molecule has 5 heteroatoms. The summed E-state index contributed by atoms with van der Waals surface area (Å²) in [6.07, 6.45) is 6.64. The number of pyridine rings is 2. The quantitative estimate of drug-likeness (QED) is 0.710. The molecule has 1 aliphatic carbocycles.